The molecule has 1 aromatic heterocycles. The summed E-state index contributed by atoms with van der Waals surface area (Å²) in [5.74, 6) is 1.60. The predicted octanol–water partition coefficient (Wildman–Crippen LogP) is 3.12. The fourth-order valence-electron chi connectivity index (χ4n) is 3.43. The molecule has 0 unspecified atom stereocenters. The van der Waals surface area contributed by atoms with Crippen LogP contribution in [-0.4, -0.2) is 31.3 Å². The van der Waals surface area contributed by atoms with E-state index in [0.717, 1.165) is 11.1 Å². The van der Waals surface area contributed by atoms with Crippen LogP contribution in [0.5, 0.6) is 17.2 Å². The molecule has 0 fully saturated rings. The van der Waals surface area contributed by atoms with Gasteiger partial charge < -0.3 is 24.1 Å². The summed E-state index contributed by atoms with van der Waals surface area (Å²) in [4.78, 5) is 22.2. The van der Waals surface area contributed by atoms with Crippen LogP contribution in [0.3, 0.4) is 0 Å². The second-order valence-electron chi connectivity index (χ2n) is 6.20. The molecule has 0 saturated heterocycles. The topological polar surface area (TPSA) is 76.7 Å². The lowest BCUT2D eigenvalue weighted by Gasteiger charge is -2.18. The number of hydrogen-bond acceptors (Lipinski definition) is 6. The molecular formula is C19H18ClN3O4. The second kappa shape index (κ2) is 6.66. The smallest absolute Gasteiger partial charge is 0.286 e. The van der Waals surface area contributed by atoms with Gasteiger partial charge in [0, 0.05) is 24.2 Å². The lowest BCUT2D eigenvalue weighted by Crippen LogP contribution is -2.22. The number of nitrogens with zero attached hydrogens (tertiary/aromatic N) is 2. The predicted molar refractivity (Wildman–Crippen MR) is 103 cm³/mol. The Balaban J connectivity index is 1.84. The molecule has 1 N–H and O–H groups in total. The number of aromatic nitrogens is 2. The van der Waals surface area contributed by atoms with Gasteiger partial charge in [-0.25, -0.2) is 0 Å². The standard InChI is InChI=1S/C19H18ClN3O4/c1-25-14-7-13-15(17(27-3)16(14)26-2)18(24)22-19(21-13)23-8-10-4-5-12(20)6-11(10)9-23/h4-7H,8-9H2,1-3H3,(H,21,22,24). The third-order valence-corrected chi connectivity index (χ3v) is 4.92. The molecule has 0 atom stereocenters. The fraction of sp³-hybridized carbons (Fsp3) is 0.263. The first-order valence-corrected chi connectivity index (χ1v) is 8.68. The minimum Gasteiger partial charge on any atom is -0.493 e. The van der Waals surface area contributed by atoms with Gasteiger partial charge in [0.25, 0.3) is 5.56 Å². The van der Waals surface area contributed by atoms with E-state index in [0.29, 0.717) is 52.2 Å². The normalized spacial score (nSPS) is 13.0. The van der Waals surface area contributed by atoms with E-state index in [1.165, 1.54) is 21.3 Å². The minimum absolute atomic E-state index is 0.295. The first-order chi connectivity index (χ1) is 13.0. The number of aromatic amines is 1. The lowest BCUT2D eigenvalue weighted by molar-refractivity contribution is 0.327. The number of halogens is 1. The lowest BCUT2D eigenvalue weighted by atomic mass is 10.1. The zero-order valence-electron chi connectivity index (χ0n) is 15.1. The van der Waals surface area contributed by atoms with Gasteiger partial charge in [-0.2, -0.15) is 4.98 Å². The van der Waals surface area contributed by atoms with Gasteiger partial charge >= 0.3 is 0 Å². The van der Waals surface area contributed by atoms with Crippen LogP contribution < -0.4 is 24.7 Å². The van der Waals surface area contributed by atoms with E-state index in [-0.39, 0.29) is 0 Å². The van der Waals surface area contributed by atoms with E-state index in [1.807, 2.05) is 23.1 Å². The Hall–Kier alpha value is -2.93. The Morgan fingerprint density at radius 2 is 1.78 bits per heavy atom. The first-order valence-electron chi connectivity index (χ1n) is 8.31. The number of anilines is 1. The van der Waals surface area contributed by atoms with Crippen LogP contribution in [0, 0.1) is 0 Å². The van der Waals surface area contributed by atoms with Crippen molar-refractivity contribution in [1.29, 1.82) is 0 Å². The van der Waals surface area contributed by atoms with Gasteiger partial charge in [0.2, 0.25) is 11.7 Å². The summed E-state index contributed by atoms with van der Waals surface area (Å²) in [7, 11) is 4.50. The largest absolute Gasteiger partial charge is 0.493 e. The Morgan fingerprint density at radius 1 is 1.04 bits per heavy atom. The van der Waals surface area contributed by atoms with Crippen molar-refractivity contribution in [3.63, 3.8) is 0 Å². The Labute approximate surface area is 160 Å². The zero-order valence-corrected chi connectivity index (χ0v) is 15.9. The SMILES string of the molecule is COc1cc2[nH]c(N3Cc4ccc(Cl)cc4C3)nc(=O)c2c(OC)c1OC. The number of fused-ring (bicyclic) bond motifs is 2. The van der Waals surface area contributed by atoms with E-state index in [9.17, 15) is 4.79 Å². The zero-order chi connectivity index (χ0) is 19.1. The van der Waals surface area contributed by atoms with Crippen molar-refractivity contribution in [2.24, 2.45) is 0 Å². The first kappa shape index (κ1) is 17.5. The highest BCUT2D eigenvalue weighted by molar-refractivity contribution is 6.30. The molecule has 0 saturated carbocycles. The van der Waals surface area contributed by atoms with Crippen molar-refractivity contribution in [1.82, 2.24) is 9.97 Å². The highest BCUT2D eigenvalue weighted by atomic mass is 35.5. The van der Waals surface area contributed by atoms with Crippen molar-refractivity contribution in [3.8, 4) is 17.2 Å². The number of ether oxygens (including phenoxy) is 3. The van der Waals surface area contributed by atoms with Gasteiger partial charge in [-0.05, 0) is 23.3 Å². The van der Waals surface area contributed by atoms with E-state index in [2.05, 4.69) is 9.97 Å². The van der Waals surface area contributed by atoms with Crippen molar-refractivity contribution >= 4 is 28.5 Å². The van der Waals surface area contributed by atoms with Crippen molar-refractivity contribution in [2.45, 2.75) is 13.1 Å². The van der Waals surface area contributed by atoms with Gasteiger partial charge in [0.05, 0.1) is 26.8 Å². The highest BCUT2D eigenvalue weighted by Gasteiger charge is 2.24. The maximum atomic E-state index is 12.8. The molecule has 0 radical (unpaired) electrons. The van der Waals surface area contributed by atoms with E-state index in [4.69, 9.17) is 25.8 Å². The molecule has 4 rings (SSSR count). The molecule has 2 heterocycles. The highest BCUT2D eigenvalue weighted by Crippen LogP contribution is 2.41. The minimum atomic E-state index is -0.398. The van der Waals surface area contributed by atoms with Gasteiger partial charge in [-0.15, -0.1) is 0 Å². The number of nitrogens with one attached hydrogen (secondary N) is 1. The van der Waals surface area contributed by atoms with Gasteiger partial charge in [0.1, 0.15) is 5.39 Å². The average molecular weight is 388 g/mol. The molecule has 0 bridgehead atoms. The van der Waals surface area contributed by atoms with Gasteiger partial charge in [-0.3, -0.25) is 4.79 Å². The molecule has 0 aliphatic carbocycles. The Morgan fingerprint density at radius 3 is 2.48 bits per heavy atom. The van der Waals surface area contributed by atoms with Crippen LogP contribution in [0.1, 0.15) is 11.1 Å². The molecule has 2 aromatic carbocycles. The molecule has 7 nitrogen and oxygen atoms in total. The number of H-pyrrole nitrogens is 1. The molecule has 140 valence electrons. The molecule has 0 spiro atoms. The van der Waals surface area contributed by atoms with E-state index in [1.54, 1.807) is 6.07 Å². The molecule has 0 amide bonds. The van der Waals surface area contributed by atoms with Crippen molar-refractivity contribution in [2.75, 3.05) is 26.2 Å². The van der Waals surface area contributed by atoms with E-state index >= 15 is 0 Å². The van der Waals surface area contributed by atoms with Crippen molar-refractivity contribution in [3.05, 3.63) is 50.8 Å². The maximum Gasteiger partial charge on any atom is 0.286 e. The molecule has 8 heteroatoms. The summed E-state index contributed by atoms with van der Waals surface area (Å²) >= 11 is 6.08. The summed E-state index contributed by atoms with van der Waals surface area (Å²) in [6.45, 7) is 1.26. The van der Waals surface area contributed by atoms with Crippen LogP contribution in [0.2, 0.25) is 5.02 Å². The molecule has 1 aliphatic rings. The third-order valence-electron chi connectivity index (χ3n) is 4.69. The number of methoxy groups -OCH3 is 3. The summed E-state index contributed by atoms with van der Waals surface area (Å²) in [5.41, 5.74) is 2.45. The third kappa shape index (κ3) is 2.84. The number of rotatable bonds is 4. The molecular weight excluding hydrogens is 370 g/mol. The van der Waals surface area contributed by atoms with Crippen LogP contribution in [0.4, 0.5) is 5.95 Å². The maximum absolute atomic E-state index is 12.8. The second-order valence-corrected chi connectivity index (χ2v) is 6.64. The number of benzene rings is 2. The Kier molecular flexibility index (Phi) is 4.31. The molecule has 3 aromatic rings. The van der Waals surface area contributed by atoms with Crippen LogP contribution in [-0.2, 0) is 13.1 Å². The summed E-state index contributed by atoms with van der Waals surface area (Å²) in [5, 5.41) is 1.01. The van der Waals surface area contributed by atoms with Crippen LogP contribution in [0.15, 0.2) is 29.1 Å². The summed E-state index contributed by atoms with van der Waals surface area (Å²) in [6.07, 6.45) is 0. The van der Waals surface area contributed by atoms with E-state index < -0.39 is 5.56 Å². The Bertz CT molecular complexity index is 1100. The summed E-state index contributed by atoms with van der Waals surface area (Å²) < 4.78 is 16.1. The van der Waals surface area contributed by atoms with Gasteiger partial charge in [0.15, 0.2) is 11.5 Å². The van der Waals surface area contributed by atoms with Crippen molar-refractivity contribution < 1.29 is 14.2 Å². The fourth-order valence-corrected chi connectivity index (χ4v) is 3.62. The molecule has 1 aliphatic heterocycles. The summed E-state index contributed by atoms with van der Waals surface area (Å²) in [6, 6.07) is 7.51. The van der Waals surface area contributed by atoms with Crippen LogP contribution >= 0.6 is 11.6 Å². The average Bonchev–Trinajstić information content (AvgIpc) is 3.09. The molecule has 27 heavy (non-hydrogen) atoms. The van der Waals surface area contributed by atoms with Crippen LogP contribution in [0.25, 0.3) is 10.9 Å². The monoisotopic (exact) mass is 387 g/mol. The van der Waals surface area contributed by atoms with Gasteiger partial charge in [-0.1, -0.05) is 17.7 Å². The number of hydrogen-bond donors (Lipinski definition) is 1. The quantitative estimate of drug-likeness (QED) is 0.741.